The molecule has 0 unspecified atom stereocenters. The zero-order valence-corrected chi connectivity index (χ0v) is 15.1. The predicted molar refractivity (Wildman–Crippen MR) is 92.0 cm³/mol. The van der Waals surface area contributed by atoms with Crippen molar-refractivity contribution in [3.8, 4) is 5.75 Å². The monoisotopic (exact) mass is 374 g/mol. The second-order valence-electron chi connectivity index (χ2n) is 4.38. The first-order chi connectivity index (χ1) is 12.3. The summed E-state index contributed by atoms with van der Waals surface area (Å²) in [4.78, 5) is 31.3. The molecule has 9 heteroatoms. The molecule has 0 aliphatic rings. The Morgan fingerprint density at radius 2 is 1.54 bits per heavy atom. The van der Waals surface area contributed by atoms with E-state index in [0.717, 1.165) is 0 Å². The molecule has 0 aromatic heterocycles. The van der Waals surface area contributed by atoms with E-state index in [9.17, 15) is 14.4 Å². The second kappa shape index (κ2) is 17.3. The molecule has 1 aromatic carbocycles. The molecule has 0 aliphatic heterocycles. The molecule has 0 saturated carbocycles. The molecule has 148 valence electrons. The van der Waals surface area contributed by atoms with Crippen LogP contribution >= 0.6 is 0 Å². The van der Waals surface area contributed by atoms with Crippen molar-refractivity contribution in [1.82, 2.24) is 0 Å². The lowest BCUT2D eigenvalue weighted by Crippen LogP contribution is -2.06. The van der Waals surface area contributed by atoms with Crippen molar-refractivity contribution in [2.75, 3.05) is 33.0 Å². The van der Waals surface area contributed by atoms with Crippen LogP contribution in [-0.4, -0.2) is 66.3 Å². The zero-order chi connectivity index (χ0) is 20.4. The molecule has 0 amide bonds. The molecule has 0 fully saturated rings. The summed E-state index contributed by atoms with van der Waals surface area (Å²) < 4.78 is 14.2. The Hall–Kier alpha value is -2.49. The van der Waals surface area contributed by atoms with E-state index in [0.29, 0.717) is 19.8 Å². The molecule has 0 saturated heterocycles. The van der Waals surface area contributed by atoms with E-state index in [1.807, 2.05) is 6.92 Å². The van der Waals surface area contributed by atoms with Crippen LogP contribution in [-0.2, 0) is 19.1 Å². The van der Waals surface area contributed by atoms with Crippen molar-refractivity contribution >= 4 is 17.9 Å². The minimum absolute atomic E-state index is 0.0160. The van der Waals surface area contributed by atoms with Crippen molar-refractivity contribution in [3.05, 3.63) is 29.8 Å². The predicted octanol–water partition coefficient (Wildman–Crippen LogP) is 0.867. The van der Waals surface area contributed by atoms with Crippen molar-refractivity contribution in [2.45, 2.75) is 20.8 Å². The molecule has 0 spiro atoms. The molecule has 26 heavy (non-hydrogen) atoms. The van der Waals surface area contributed by atoms with Gasteiger partial charge >= 0.3 is 17.9 Å². The van der Waals surface area contributed by atoms with Gasteiger partial charge in [0.2, 0.25) is 0 Å². The summed E-state index contributed by atoms with van der Waals surface area (Å²) in [6, 6.07) is 5.98. The number of esters is 2. The van der Waals surface area contributed by atoms with Gasteiger partial charge in [-0.2, -0.15) is 0 Å². The van der Waals surface area contributed by atoms with Crippen molar-refractivity contribution < 1.29 is 43.9 Å². The van der Waals surface area contributed by atoms with Gasteiger partial charge in [0.05, 0.1) is 19.8 Å². The largest absolute Gasteiger partial charge is 0.478 e. The quantitative estimate of drug-likeness (QED) is 0.360. The Balaban J connectivity index is 0. The Labute approximate surface area is 152 Å². The van der Waals surface area contributed by atoms with E-state index in [2.05, 4.69) is 9.47 Å². The number of carboxylic acid groups (broad SMARTS) is 1. The highest BCUT2D eigenvalue weighted by molar-refractivity contribution is 5.91. The van der Waals surface area contributed by atoms with Crippen LogP contribution in [0.3, 0.4) is 0 Å². The van der Waals surface area contributed by atoms with Crippen LogP contribution in [0.15, 0.2) is 24.3 Å². The molecule has 1 aromatic rings. The molecule has 0 atom stereocenters. The number of para-hydroxylation sites is 1. The summed E-state index contributed by atoms with van der Waals surface area (Å²) in [5, 5.41) is 23.9. The zero-order valence-electron chi connectivity index (χ0n) is 15.1. The van der Waals surface area contributed by atoms with E-state index in [1.54, 1.807) is 12.1 Å². The Morgan fingerprint density at radius 1 is 0.962 bits per heavy atom. The number of aliphatic hydroxyl groups excluding tert-OH is 2. The van der Waals surface area contributed by atoms with Crippen LogP contribution in [0.4, 0.5) is 0 Å². The van der Waals surface area contributed by atoms with Gasteiger partial charge in [0, 0.05) is 20.5 Å². The molecule has 0 bridgehead atoms. The van der Waals surface area contributed by atoms with Crippen LogP contribution in [0.5, 0.6) is 5.75 Å². The van der Waals surface area contributed by atoms with Gasteiger partial charge < -0.3 is 29.5 Å². The molecule has 0 heterocycles. The van der Waals surface area contributed by atoms with Crippen LogP contribution in [0.1, 0.15) is 31.1 Å². The maximum atomic E-state index is 10.6. The van der Waals surface area contributed by atoms with Crippen molar-refractivity contribution in [3.63, 3.8) is 0 Å². The number of hydrogen-bond donors (Lipinski definition) is 3. The molecular formula is C17H26O9. The lowest BCUT2D eigenvalue weighted by atomic mass is 10.2. The van der Waals surface area contributed by atoms with E-state index in [-0.39, 0.29) is 30.5 Å². The standard InChI is InChI=1S/C9H8O4.C6H12O3.C2H6O2/c1-6(10)13-8-5-3-2-4-7(8)9(11)12;1-3-8-4-5-9-6(2)7;3-1-2-4/h2-5H,1H3,(H,11,12);3-5H2,1-2H3;3-4H,1-2H2. The Bertz CT molecular complexity index is 527. The molecule has 0 radical (unpaired) electrons. The van der Waals surface area contributed by atoms with Gasteiger partial charge in [-0.1, -0.05) is 12.1 Å². The number of hydrogen-bond acceptors (Lipinski definition) is 8. The third kappa shape index (κ3) is 16.4. The van der Waals surface area contributed by atoms with Gasteiger partial charge in [0.25, 0.3) is 0 Å². The summed E-state index contributed by atoms with van der Waals surface area (Å²) in [5.41, 5.74) is -0.0160. The number of rotatable bonds is 7. The topological polar surface area (TPSA) is 140 Å². The summed E-state index contributed by atoms with van der Waals surface area (Å²) in [6.45, 7) is 5.78. The fourth-order valence-corrected chi connectivity index (χ4v) is 1.28. The first-order valence-electron chi connectivity index (χ1n) is 7.73. The number of carboxylic acids is 1. The van der Waals surface area contributed by atoms with Gasteiger partial charge in [-0.05, 0) is 19.1 Å². The van der Waals surface area contributed by atoms with Crippen LogP contribution in [0.2, 0.25) is 0 Å². The molecule has 3 N–H and O–H groups in total. The summed E-state index contributed by atoms with van der Waals surface area (Å²) in [7, 11) is 0. The first-order valence-corrected chi connectivity index (χ1v) is 7.73. The number of aromatic carboxylic acids is 1. The van der Waals surface area contributed by atoms with Crippen molar-refractivity contribution in [2.24, 2.45) is 0 Å². The minimum Gasteiger partial charge on any atom is -0.478 e. The van der Waals surface area contributed by atoms with Gasteiger partial charge in [-0.15, -0.1) is 0 Å². The highest BCUT2D eigenvalue weighted by Gasteiger charge is 2.10. The Morgan fingerprint density at radius 3 is 1.96 bits per heavy atom. The van der Waals surface area contributed by atoms with Crippen LogP contribution < -0.4 is 4.74 Å². The maximum absolute atomic E-state index is 10.6. The number of aliphatic hydroxyl groups is 2. The summed E-state index contributed by atoms with van der Waals surface area (Å²) >= 11 is 0. The smallest absolute Gasteiger partial charge is 0.339 e. The van der Waals surface area contributed by atoms with E-state index < -0.39 is 11.9 Å². The highest BCUT2D eigenvalue weighted by atomic mass is 16.6. The lowest BCUT2D eigenvalue weighted by molar-refractivity contribution is -0.142. The number of ether oxygens (including phenoxy) is 3. The summed E-state index contributed by atoms with van der Waals surface area (Å²) in [6.07, 6.45) is 0. The minimum atomic E-state index is -1.11. The molecule has 0 aliphatic carbocycles. The van der Waals surface area contributed by atoms with E-state index in [4.69, 9.17) is 20.1 Å². The van der Waals surface area contributed by atoms with Crippen molar-refractivity contribution in [1.29, 1.82) is 0 Å². The van der Waals surface area contributed by atoms with Gasteiger partial charge in [-0.3, -0.25) is 9.59 Å². The average molecular weight is 374 g/mol. The highest BCUT2D eigenvalue weighted by Crippen LogP contribution is 2.17. The number of carbonyl (C=O) groups is 3. The fraction of sp³-hybridized carbons (Fsp3) is 0.471. The SMILES string of the molecule is CC(=O)Oc1ccccc1C(=O)O.CCOCCOC(C)=O.OCCO. The first kappa shape index (κ1) is 25.7. The lowest BCUT2D eigenvalue weighted by Gasteiger charge is -2.03. The molecular weight excluding hydrogens is 348 g/mol. The third-order valence-electron chi connectivity index (χ3n) is 2.21. The number of benzene rings is 1. The summed E-state index contributed by atoms with van der Waals surface area (Å²) in [5.74, 6) is -1.83. The fourth-order valence-electron chi connectivity index (χ4n) is 1.28. The average Bonchev–Trinajstić information content (AvgIpc) is 2.59. The van der Waals surface area contributed by atoms with E-state index in [1.165, 1.54) is 26.0 Å². The normalized spacial score (nSPS) is 8.96. The van der Waals surface area contributed by atoms with E-state index >= 15 is 0 Å². The van der Waals surface area contributed by atoms with Crippen LogP contribution in [0, 0.1) is 0 Å². The van der Waals surface area contributed by atoms with Gasteiger partial charge in [0.15, 0.2) is 0 Å². The Kier molecular flexibility index (Phi) is 17.2. The van der Waals surface area contributed by atoms with Crippen LogP contribution in [0.25, 0.3) is 0 Å². The number of carbonyl (C=O) groups excluding carboxylic acids is 2. The van der Waals surface area contributed by atoms with Gasteiger partial charge in [0.1, 0.15) is 17.9 Å². The molecule has 1 rings (SSSR count). The third-order valence-corrected chi connectivity index (χ3v) is 2.21. The maximum Gasteiger partial charge on any atom is 0.339 e. The molecule has 9 nitrogen and oxygen atoms in total. The second-order valence-corrected chi connectivity index (χ2v) is 4.38. The van der Waals surface area contributed by atoms with Gasteiger partial charge in [-0.25, -0.2) is 4.79 Å².